The highest BCUT2D eigenvalue weighted by Crippen LogP contribution is 2.37. The maximum absolute atomic E-state index is 12.4. The number of thiazole rings is 1. The second-order valence-electron chi connectivity index (χ2n) is 8.39. The van der Waals surface area contributed by atoms with Crippen LogP contribution in [0.25, 0.3) is 10.6 Å². The molecule has 0 radical (unpaired) electrons. The van der Waals surface area contributed by atoms with Gasteiger partial charge in [-0.2, -0.15) is 0 Å². The molecular weight excluding hydrogens is 414 g/mol. The third-order valence-corrected chi connectivity index (χ3v) is 7.17. The van der Waals surface area contributed by atoms with Crippen molar-refractivity contribution in [3.8, 4) is 10.6 Å². The summed E-state index contributed by atoms with van der Waals surface area (Å²) in [5.74, 6) is 0.741. The number of ether oxygens (including phenoxy) is 1. The molecule has 2 aliphatic rings. The van der Waals surface area contributed by atoms with E-state index in [0.29, 0.717) is 44.1 Å². The van der Waals surface area contributed by atoms with E-state index < -0.39 is 12.2 Å². The van der Waals surface area contributed by atoms with Gasteiger partial charge in [0.15, 0.2) is 0 Å². The Bertz CT molecular complexity index is 902. The molecule has 1 aliphatic heterocycles. The van der Waals surface area contributed by atoms with Crippen molar-refractivity contribution in [2.75, 3.05) is 25.0 Å². The minimum Gasteiger partial charge on any atom is -0.465 e. The number of likely N-dealkylation sites (tertiary alicyclic amines) is 1. The number of anilines is 1. The van der Waals surface area contributed by atoms with E-state index in [1.54, 1.807) is 11.3 Å². The number of rotatable bonds is 5. The maximum atomic E-state index is 12.4. The highest BCUT2D eigenvalue weighted by molar-refractivity contribution is 7.13. The summed E-state index contributed by atoms with van der Waals surface area (Å²) in [6, 6.07) is 7.67. The number of nitrogens with one attached hydrogen (secondary N) is 1. The van der Waals surface area contributed by atoms with Crippen LogP contribution in [0.5, 0.6) is 0 Å². The first-order valence-electron chi connectivity index (χ1n) is 11.1. The van der Waals surface area contributed by atoms with E-state index in [-0.39, 0.29) is 5.92 Å². The number of amides is 2. The Labute approximate surface area is 186 Å². The molecule has 2 N–H and O–H groups in total. The van der Waals surface area contributed by atoms with Crippen molar-refractivity contribution in [3.05, 3.63) is 35.3 Å². The van der Waals surface area contributed by atoms with Crippen LogP contribution in [-0.2, 0) is 4.74 Å². The van der Waals surface area contributed by atoms with Crippen molar-refractivity contribution in [2.45, 2.75) is 50.9 Å². The van der Waals surface area contributed by atoms with Gasteiger partial charge in [-0.05, 0) is 43.7 Å². The van der Waals surface area contributed by atoms with Crippen LogP contribution in [0.1, 0.15) is 56.6 Å². The van der Waals surface area contributed by atoms with Gasteiger partial charge >= 0.3 is 12.2 Å². The molecule has 8 heteroatoms. The predicted octanol–water partition coefficient (Wildman–Crippen LogP) is 5.80. The molecule has 1 saturated carbocycles. The summed E-state index contributed by atoms with van der Waals surface area (Å²) < 4.78 is 5.44. The van der Waals surface area contributed by atoms with E-state index in [0.717, 1.165) is 10.6 Å². The van der Waals surface area contributed by atoms with Crippen LogP contribution in [0.15, 0.2) is 29.6 Å². The van der Waals surface area contributed by atoms with Gasteiger partial charge in [-0.1, -0.05) is 31.4 Å². The lowest BCUT2D eigenvalue weighted by molar-refractivity contribution is 0.0948. The molecule has 2 amide bonds. The fourth-order valence-electron chi connectivity index (χ4n) is 4.40. The molecule has 1 saturated heterocycles. The quantitative estimate of drug-likeness (QED) is 0.610. The van der Waals surface area contributed by atoms with Crippen molar-refractivity contribution in [1.29, 1.82) is 0 Å². The summed E-state index contributed by atoms with van der Waals surface area (Å²) in [4.78, 5) is 29.7. The number of carbonyl (C=O) groups excluding carboxylic acids is 1. The summed E-state index contributed by atoms with van der Waals surface area (Å²) in [6.45, 7) is 1.27. The van der Waals surface area contributed by atoms with Crippen LogP contribution in [0, 0.1) is 5.92 Å². The Morgan fingerprint density at radius 1 is 1.13 bits per heavy atom. The Hall–Kier alpha value is -2.61. The fourth-order valence-corrected chi connectivity index (χ4v) is 5.35. The molecule has 1 aromatic carbocycles. The van der Waals surface area contributed by atoms with Crippen LogP contribution in [-0.4, -0.2) is 46.9 Å². The molecule has 4 rings (SSSR count). The highest BCUT2D eigenvalue weighted by Gasteiger charge is 2.24. The van der Waals surface area contributed by atoms with E-state index in [2.05, 4.69) is 10.7 Å². The third kappa shape index (κ3) is 5.55. The first kappa shape index (κ1) is 21.6. The van der Waals surface area contributed by atoms with E-state index in [9.17, 15) is 9.59 Å². The van der Waals surface area contributed by atoms with Gasteiger partial charge in [0.2, 0.25) is 0 Å². The van der Waals surface area contributed by atoms with Crippen molar-refractivity contribution >= 4 is 29.2 Å². The van der Waals surface area contributed by atoms with Crippen LogP contribution in [0.2, 0.25) is 0 Å². The van der Waals surface area contributed by atoms with Gasteiger partial charge < -0.3 is 14.7 Å². The lowest BCUT2D eigenvalue weighted by atomic mass is 9.87. The molecule has 0 spiro atoms. The Morgan fingerprint density at radius 2 is 1.87 bits per heavy atom. The number of carbonyl (C=O) groups is 2. The summed E-state index contributed by atoms with van der Waals surface area (Å²) in [5.41, 5.74) is 2.77. The number of aromatic nitrogens is 1. The number of benzene rings is 1. The number of piperidine rings is 1. The predicted molar refractivity (Wildman–Crippen MR) is 121 cm³/mol. The average Bonchev–Trinajstić information content (AvgIpc) is 3.29. The van der Waals surface area contributed by atoms with Crippen LogP contribution >= 0.6 is 11.3 Å². The minimum atomic E-state index is -0.887. The first-order valence-corrected chi connectivity index (χ1v) is 11.9. The maximum Gasteiger partial charge on any atom is 0.411 e. The lowest BCUT2D eigenvalue weighted by Gasteiger charge is -2.29. The zero-order chi connectivity index (χ0) is 21.6. The molecule has 0 bridgehead atoms. The Balaban J connectivity index is 1.34. The zero-order valence-corrected chi connectivity index (χ0v) is 18.4. The standard InChI is InChI=1S/C23H29N3O4S/c27-22(30-14-16-10-12-26(13-11-16)23(28)29)25-19-9-5-4-8-18(19)21-24-20(15-31-21)17-6-2-1-3-7-17/h4-5,8-9,15-17H,1-3,6-7,10-14H2,(H,25,27)(H,28,29). The SMILES string of the molecule is O=C(Nc1ccccc1-c1nc(C2CCCCC2)cs1)OCC1CCN(C(=O)O)CC1. The molecule has 7 nitrogen and oxygen atoms in total. The normalized spacial score (nSPS) is 18.0. The largest absolute Gasteiger partial charge is 0.465 e. The molecule has 1 aliphatic carbocycles. The molecule has 0 atom stereocenters. The zero-order valence-electron chi connectivity index (χ0n) is 17.6. The number of hydrogen-bond acceptors (Lipinski definition) is 5. The van der Waals surface area contributed by atoms with Gasteiger partial charge in [0, 0.05) is 30.0 Å². The molecular formula is C23H29N3O4S. The second-order valence-corrected chi connectivity index (χ2v) is 9.25. The van der Waals surface area contributed by atoms with Crippen LogP contribution < -0.4 is 5.32 Å². The van der Waals surface area contributed by atoms with Crippen molar-refractivity contribution in [3.63, 3.8) is 0 Å². The van der Waals surface area contributed by atoms with Crippen molar-refractivity contribution < 1.29 is 19.4 Å². The first-order chi connectivity index (χ1) is 15.1. The lowest BCUT2D eigenvalue weighted by Crippen LogP contribution is -2.38. The summed E-state index contributed by atoms with van der Waals surface area (Å²) >= 11 is 1.62. The second kappa shape index (κ2) is 10.1. The number of carboxylic acid groups (broad SMARTS) is 1. The van der Waals surface area contributed by atoms with Gasteiger partial charge in [0.1, 0.15) is 5.01 Å². The summed E-state index contributed by atoms with van der Waals surface area (Å²) in [6.07, 6.45) is 6.33. The number of para-hydroxylation sites is 1. The summed E-state index contributed by atoms with van der Waals surface area (Å²) in [5, 5.41) is 15.0. The monoisotopic (exact) mass is 443 g/mol. The van der Waals surface area contributed by atoms with E-state index in [1.807, 2.05) is 24.3 Å². The fraction of sp³-hybridized carbons (Fsp3) is 0.522. The van der Waals surface area contributed by atoms with E-state index >= 15 is 0 Å². The Kier molecular flexibility index (Phi) is 7.06. The average molecular weight is 444 g/mol. The summed E-state index contributed by atoms with van der Waals surface area (Å²) in [7, 11) is 0. The number of hydrogen-bond donors (Lipinski definition) is 2. The topological polar surface area (TPSA) is 91.8 Å². The van der Waals surface area contributed by atoms with Gasteiger partial charge in [0.25, 0.3) is 0 Å². The third-order valence-electron chi connectivity index (χ3n) is 6.27. The molecule has 2 heterocycles. The van der Waals surface area contributed by atoms with Crippen LogP contribution in [0.4, 0.5) is 15.3 Å². The molecule has 31 heavy (non-hydrogen) atoms. The van der Waals surface area contributed by atoms with E-state index in [4.69, 9.17) is 14.8 Å². The van der Waals surface area contributed by atoms with Gasteiger partial charge in [-0.15, -0.1) is 11.3 Å². The van der Waals surface area contributed by atoms with Gasteiger partial charge in [0.05, 0.1) is 18.0 Å². The molecule has 1 aromatic heterocycles. The van der Waals surface area contributed by atoms with Crippen LogP contribution in [0.3, 0.4) is 0 Å². The molecule has 2 fully saturated rings. The molecule has 166 valence electrons. The molecule has 2 aromatic rings. The van der Waals surface area contributed by atoms with Crippen molar-refractivity contribution in [1.82, 2.24) is 9.88 Å². The number of nitrogens with zero attached hydrogens (tertiary/aromatic N) is 2. The molecule has 0 unspecified atom stereocenters. The Morgan fingerprint density at radius 3 is 2.61 bits per heavy atom. The van der Waals surface area contributed by atoms with Crippen molar-refractivity contribution in [2.24, 2.45) is 5.92 Å². The van der Waals surface area contributed by atoms with E-state index in [1.165, 1.54) is 42.7 Å². The van der Waals surface area contributed by atoms with Gasteiger partial charge in [-0.25, -0.2) is 14.6 Å². The highest BCUT2D eigenvalue weighted by atomic mass is 32.1. The minimum absolute atomic E-state index is 0.189. The van der Waals surface area contributed by atoms with Gasteiger partial charge in [-0.3, -0.25) is 5.32 Å². The smallest absolute Gasteiger partial charge is 0.411 e.